The first-order valence-electron chi connectivity index (χ1n) is 14.7. The second-order valence-corrected chi connectivity index (χ2v) is 15.6. The van der Waals surface area contributed by atoms with E-state index in [9.17, 15) is 18.9 Å². The van der Waals surface area contributed by atoms with E-state index in [0.717, 1.165) is 5.76 Å². The molecule has 1 rings (SSSR count). The van der Waals surface area contributed by atoms with E-state index in [2.05, 4.69) is 16.6 Å². The SMILES string of the molecule is C=C1OC(C)=C(COC(C)C)O1.CC(=O)OC(C)C.CC(=O)SC(C)C.CC(C)OP(C)(C)=O.CNC(C)C(=O)OC(C)C. The molecule has 0 aromatic rings. The van der Waals surface area contributed by atoms with Crippen LogP contribution in [-0.2, 0) is 47.2 Å². The van der Waals surface area contributed by atoms with Crippen LogP contribution in [0.3, 0.4) is 0 Å². The Labute approximate surface area is 272 Å². The fraction of sp³-hybridized carbons (Fsp3) is 0.774. The van der Waals surface area contributed by atoms with Gasteiger partial charge < -0.3 is 33.5 Å². The number of hydrogen-bond donors (Lipinski definition) is 1. The fourth-order valence-corrected chi connectivity index (χ4v) is 4.13. The molecular weight excluding hydrogens is 609 g/mol. The first-order valence-corrected chi connectivity index (χ1v) is 18.1. The molecule has 0 bridgehead atoms. The van der Waals surface area contributed by atoms with Crippen molar-refractivity contribution in [3.05, 3.63) is 24.0 Å². The summed E-state index contributed by atoms with van der Waals surface area (Å²) in [5, 5.41) is 3.44. The summed E-state index contributed by atoms with van der Waals surface area (Å²) >= 11 is 1.37. The molecule has 0 saturated heterocycles. The minimum atomic E-state index is -2.22. The number of esters is 2. The van der Waals surface area contributed by atoms with E-state index in [4.69, 9.17) is 23.5 Å². The molecule has 0 spiro atoms. The molecule has 0 amide bonds. The normalized spacial score (nSPS) is 12.9. The molecule has 1 aliphatic rings. The van der Waals surface area contributed by atoms with E-state index in [-0.39, 0.29) is 47.5 Å². The average Bonchev–Trinajstić information content (AvgIpc) is 3.11. The molecule has 0 radical (unpaired) electrons. The second kappa shape index (κ2) is 27.5. The third-order valence-electron chi connectivity index (χ3n) is 3.85. The van der Waals surface area contributed by atoms with Crippen molar-refractivity contribution >= 4 is 36.2 Å². The molecule has 0 saturated carbocycles. The molecule has 13 heteroatoms. The van der Waals surface area contributed by atoms with Crippen LogP contribution >= 0.6 is 19.1 Å². The zero-order chi connectivity index (χ0) is 35.8. The van der Waals surface area contributed by atoms with Crippen molar-refractivity contribution in [2.24, 2.45) is 0 Å². The molecule has 0 aromatic carbocycles. The van der Waals surface area contributed by atoms with Gasteiger partial charge in [-0.1, -0.05) is 25.6 Å². The second-order valence-electron chi connectivity index (χ2n) is 11.1. The van der Waals surface area contributed by atoms with Crippen LogP contribution in [-0.4, -0.2) is 79.7 Å². The highest BCUT2D eigenvalue weighted by Crippen LogP contribution is 2.38. The minimum Gasteiger partial charge on any atom is -0.463 e. The lowest BCUT2D eigenvalue weighted by molar-refractivity contribution is -0.149. The first-order chi connectivity index (χ1) is 19.8. The highest BCUT2D eigenvalue weighted by atomic mass is 32.2. The number of carbonyl (C=O) groups is 3. The predicted octanol–water partition coefficient (Wildman–Crippen LogP) is 7.29. The zero-order valence-corrected chi connectivity index (χ0v) is 32.0. The van der Waals surface area contributed by atoms with E-state index in [1.807, 2.05) is 76.2 Å². The molecule has 1 unspecified atom stereocenters. The average molecular weight is 672 g/mol. The van der Waals surface area contributed by atoms with Gasteiger partial charge in [0.1, 0.15) is 18.4 Å². The Hall–Kier alpha value is -1.85. The summed E-state index contributed by atoms with van der Waals surface area (Å²) in [5.41, 5.74) is 0. The van der Waals surface area contributed by atoms with E-state index in [1.165, 1.54) is 18.7 Å². The number of nitrogens with one attached hydrogen (secondary N) is 1. The summed E-state index contributed by atoms with van der Waals surface area (Å²) in [6, 6.07) is -0.206. The van der Waals surface area contributed by atoms with E-state index < -0.39 is 7.37 Å². The lowest BCUT2D eigenvalue weighted by Gasteiger charge is -2.12. The Bertz CT molecular complexity index is 876. The van der Waals surface area contributed by atoms with Gasteiger partial charge >= 0.3 is 11.9 Å². The van der Waals surface area contributed by atoms with Gasteiger partial charge in [0.2, 0.25) is 0 Å². The molecule has 44 heavy (non-hydrogen) atoms. The zero-order valence-electron chi connectivity index (χ0n) is 30.3. The van der Waals surface area contributed by atoms with Gasteiger partial charge in [0.25, 0.3) is 5.95 Å². The van der Waals surface area contributed by atoms with E-state index >= 15 is 0 Å². The van der Waals surface area contributed by atoms with Crippen LogP contribution in [0.15, 0.2) is 24.0 Å². The van der Waals surface area contributed by atoms with Crippen molar-refractivity contribution in [3.63, 3.8) is 0 Å². The number of ether oxygens (including phenoxy) is 5. The summed E-state index contributed by atoms with van der Waals surface area (Å²) in [4.78, 5) is 31.1. The Morgan fingerprint density at radius 3 is 1.50 bits per heavy atom. The summed E-state index contributed by atoms with van der Waals surface area (Å²) in [6.07, 6.45) is 0.277. The standard InChI is InChI=1S/C9H14O3.C7H15NO2.C5H13O2P.C5H10O2.C5H10OS/c1-6(2)10-5-9-7(3)11-8(4)12-9;1-5(2)10-7(9)6(3)8-4;1-5(2)7-8(3,4)6;2*1-4(2)7-5(3)6/h6H,4-5H2,1-3H3;5-6,8H,1-4H3;5H,1-4H3;2*4H,1-3H3. The van der Waals surface area contributed by atoms with Crippen molar-refractivity contribution in [3.8, 4) is 0 Å². The molecule has 1 aliphatic heterocycles. The molecule has 262 valence electrons. The first kappa shape index (κ1) is 49.0. The quantitative estimate of drug-likeness (QED) is 0.185. The third kappa shape index (κ3) is 42.3. The minimum absolute atomic E-state index is 0.0247. The topological polar surface area (TPSA) is 136 Å². The van der Waals surface area contributed by atoms with E-state index in [0.29, 0.717) is 23.6 Å². The van der Waals surface area contributed by atoms with Gasteiger partial charge in [-0.2, -0.15) is 0 Å². The van der Waals surface area contributed by atoms with Crippen molar-refractivity contribution in [2.75, 3.05) is 27.0 Å². The van der Waals surface area contributed by atoms with Gasteiger partial charge in [-0.15, -0.1) is 0 Å². The summed E-state index contributed by atoms with van der Waals surface area (Å²) in [7, 11) is -0.493. The predicted molar refractivity (Wildman–Crippen MR) is 181 cm³/mol. The lowest BCUT2D eigenvalue weighted by atomic mass is 10.3. The fourth-order valence-electron chi connectivity index (χ4n) is 2.46. The summed E-state index contributed by atoms with van der Waals surface area (Å²) in [6.45, 7) is 32.8. The molecular formula is C31H62NO10PS. The maximum Gasteiger partial charge on any atom is 0.323 e. The van der Waals surface area contributed by atoms with Crippen molar-refractivity contribution in [1.29, 1.82) is 0 Å². The Kier molecular flexibility index (Phi) is 30.6. The summed E-state index contributed by atoms with van der Waals surface area (Å²) in [5.74, 6) is 1.37. The molecule has 1 heterocycles. The van der Waals surface area contributed by atoms with Gasteiger partial charge in [0.15, 0.2) is 18.2 Å². The van der Waals surface area contributed by atoms with Crippen LogP contribution in [0.2, 0.25) is 0 Å². The number of rotatable bonds is 10. The van der Waals surface area contributed by atoms with Crippen LogP contribution in [0, 0.1) is 0 Å². The van der Waals surface area contributed by atoms with Gasteiger partial charge in [0, 0.05) is 32.4 Å². The van der Waals surface area contributed by atoms with Gasteiger partial charge in [-0.25, -0.2) is 0 Å². The highest BCUT2D eigenvalue weighted by Gasteiger charge is 2.18. The molecule has 11 nitrogen and oxygen atoms in total. The number of thioether (sulfide) groups is 1. The van der Waals surface area contributed by atoms with Crippen LogP contribution < -0.4 is 5.32 Å². The van der Waals surface area contributed by atoms with Crippen LogP contribution in [0.25, 0.3) is 0 Å². The monoisotopic (exact) mass is 671 g/mol. The smallest absolute Gasteiger partial charge is 0.323 e. The molecule has 0 fully saturated rings. The Morgan fingerprint density at radius 2 is 1.32 bits per heavy atom. The third-order valence-corrected chi connectivity index (χ3v) is 5.58. The van der Waals surface area contributed by atoms with Crippen LogP contribution in [0.4, 0.5) is 0 Å². The molecule has 1 N–H and O–H groups in total. The maximum absolute atomic E-state index is 10.9. The van der Waals surface area contributed by atoms with Gasteiger partial charge in [-0.3, -0.25) is 18.9 Å². The number of hydrogen-bond acceptors (Lipinski definition) is 12. The van der Waals surface area contributed by atoms with Crippen molar-refractivity contribution < 1.29 is 47.2 Å². The number of carbonyl (C=O) groups excluding carboxylic acids is 3. The van der Waals surface area contributed by atoms with Gasteiger partial charge in [0.05, 0.1) is 24.4 Å². The lowest BCUT2D eigenvalue weighted by Crippen LogP contribution is -2.33. The van der Waals surface area contributed by atoms with E-state index in [1.54, 1.807) is 34.2 Å². The van der Waals surface area contributed by atoms with Crippen molar-refractivity contribution in [1.82, 2.24) is 5.32 Å². The Morgan fingerprint density at radius 1 is 0.841 bits per heavy atom. The molecule has 0 aromatic heterocycles. The van der Waals surface area contributed by atoms with Crippen LogP contribution in [0.1, 0.15) is 96.9 Å². The highest BCUT2D eigenvalue weighted by molar-refractivity contribution is 8.14. The molecule has 0 aliphatic carbocycles. The Balaban J connectivity index is -0.000000232. The largest absolute Gasteiger partial charge is 0.463 e. The van der Waals surface area contributed by atoms with Crippen molar-refractivity contribution in [2.45, 2.75) is 133 Å². The van der Waals surface area contributed by atoms with Crippen LogP contribution in [0.5, 0.6) is 0 Å². The number of likely N-dealkylation sites (N-methyl/N-ethyl adjacent to an activating group) is 1. The maximum atomic E-state index is 10.9. The molecule has 1 atom stereocenters. The summed E-state index contributed by atoms with van der Waals surface area (Å²) < 4.78 is 40.9. The number of allylic oxidation sites excluding steroid dienone is 1. The van der Waals surface area contributed by atoms with Gasteiger partial charge in [-0.05, 0) is 82.9 Å².